The number of ether oxygens (including phenoxy) is 1. The zero-order chi connectivity index (χ0) is 18.1. The summed E-state index contributed by atoms with van der Waals surface area (Å²) in [6, 6.07) is 15.8. The third kappa shape index (κ3) is 6.24. The molecule has 25 heavy (non-hydrogen) atoms. The molecule has 2 rings (SSSR count). The lowest BCUT2D eigenvalue weighted by atomic mass is 10.2. The minimum atomic E-state index is -0.156. The molecular weight excluding hydrogens is 312 g/mol. The lowest BCUT2D eigenvalue weighted by molar-refractivity contribution is -0.118. The van der Waals surface area contributed by atoms with Crippen LogP contribution in [0.4, 0.5) is 5.69 Å². The van der Waals surface area contributed by atoms with Gasteiger partial charge in [0.2, 0.25) is 0 Å². The van der Waals surface area contributed by atoms with Gasteiger partial charge in [-0.2, -0.15) is 0 Å². The SMILES string of the molecule is CCc1ccc(OCC(=O)Nc2ccc(CN(CC)CC)cc2)cc1. The lowest BCUT2D eigenvalue weighted by Gasteiger charge is -2.18. The van der Waals surface area contributed by atoms with Crippen molar-refractivity contribution < 1.29 is 9.53 Å². The van der Waals surface area contributed by atoms with Crippen LogP contribution in [-0.2, 0) is 17.8 Å². The van der Waals surface area contributed by atoms with E-state index in [1.54, 1.807) is 0 Å². The molecule has 2 aromatic carbocycles. The smallest absolute Gasteiger partial charge is 0.262 e. The van der Waals surface area contributed by atoms with Gasteiger partial charge in [0.15, 0.2) is 6.61 Å². The Bertz CT molecular complexity index is 647. The van der Waals surface area contributed by atoms with Gasteiger partial charge >= 0.3 is 0 Å². The van der Waals surface area contributed by atoms with Gasteiger partial charge in [-0.1, -0.05) is 45.0 Å². The molecular formula is C21H28N2O2. The molecule has 2 aromatic rings. The molecule has 0 atom stereocenters. The van der Waals surface area contributed by atoms with E-state index in [1.165, 1.54) is 11.1 Å². The number of benzene rings is 2. The molecule has 0 fully saturated rings. The van der Waals surface area contributed by atoms with Crippen molar-refractivity contribution in [3.8, 4) is 5.75 Å². The van der Waals surface area contributed by atoms with Crippen LogP contribution in [0, 0.1) is 0 Å². The minimum absolute atomic E-state index is 0.00662. The molecule has 4 nitrogen and oxygen atoms in total. The molecule has 0 aliphatic heterocycles. The van der Waals surface area contributed by atoms with E-state index in [-0.39, 0.29) is 12.5 Å². The summed E-state index contributed by atoms with van der Waals surface area (Å²) in [5.74, 6) is 0.554. The van der Waals surface area contributed by atoms with Crippen molar-refractivity contribution in [1.82, 2.24) is 4.90 Å². The van der Waals surface area contributed by atoms with Crippen LogP contribution in [0.3, 0.4) is 0 Å². The molecule has 1 amide bonds. The topological polar surface area (TPSA) is 41.6 Å². The van der Waals surface area contributed by atoms with Crippen molar-refractivity contribution >= 4 is 11.6 Å². The number of carbonyl (C=O) groups excluding carboxylic acids is 1. The summed E-state index contributed by atoms with van der Waals surface area (Å²) in [6.45, 7) is 9.43. The van der Waals surface area contributed by atoms with Gasteiger partial charge in [0.25, 0.3) is 5.91 Å². The molecule has 0 aromatic heterocycles. The van der Waals surface area contributed by atoms with Crippen LogP contribution in [-0.4, -0.2) is 30.5 Å². The number of hydrogen-bond acceptors (Lipinski definition) is 3. The van der Waals surface area contributed by atoms with E-state index in [0.717, 1.165) is 31.7 Å². The fourth-order valence-electron chi connectivity index (χ4n) is 2.57. The predicted octanol–water partition coefficient (Wildman–Crippen LogP) is 4.11. The number of anilines is 1. The highest BCUT2D eigenvalue weighted by Crippen LogP contribution is 2.14. The van der Waals surface area contributed by atoms with Crippen LogP contribution in [0.1, 0.15) is 31.9 Å². The number of aryl methyl sites for hydroxylation is 1. The molecule has 1 N–H and O–H groups in total. The van der Waals surface area contributed by atoms with Crippen LogP contribution in [0.5, 0.6) is 5.75 Å². The van der Waals surface area contributed by atoms with Gasteiger partial charge in [-0.15, -0.1) is 0 Å². The summed E-state index contributed by atoms with van der Waals surface area (Å²) in [7, 11) is 0. The monoisotopic (exact) mass is 340 g/mol. The van der Waals surface area contributed by atoms with Gasteiger partial charge in [0.05, 0.1) is 0 Å². The van der Waals surface area contributed by atoms with Gasteiger partial charge in [0.1, 0.15) is 5.75 Å². The summed E-state index contributed by atoms with van der Waals surface area (Å²) >= 11 is 0. The van der Waals surface area contributed by atoms with Crippen LogP contribution < -0.4 is 10.1 Å². The van der Waals surface area contributed by atoms with E-state index >= 15 is 0 Å². The highest BCUT2D eigenvalue weighted by molar-refractivity contribution is 5.91. The number of amides is 1. The fourth-order valence-corrected chi connectivity index (χ4v) is 2.57. The van der Waals surface area contributed by atoms with Crippen molar-refractivity contribution in [3.05, 3.63) is 59.7 Å². The molecule has 0 saturated carbocycles. The fraction of sp³-hybridized carbons (Fsp3) is 0.381. The van der Waals surface area contributed by atoms with E-state index in [1.807, 2.05) is 36.4 Å². The first kappa shape index (κ1) is 19.0. The van der Waals surface area contributed by atoms with Crippen molar-refractivity contribution in [2.75, 3.05) is 25.0 Å². The Kier molecular flexibility index (Phi) is 7.48. The Hall–Kier alpha value is -2.33. The summed E-state index contributed by atoms with van der Waals surface area (Å²) < 4.78 is 5.53. The molecule has 0 spiro atoms. The van der Waals surface area contributed by atoms with E-state index in [9.17, 15) is 4.79 Å². The van der Waals surface area contributed by atoms with Gasteiger partial charge in [-0.25, -0.2) is 0 Å². The first-order valence-electron chi connectivity index (χ1n) is 8.97. The van der Waals surface area contributed by atoms with E-state index < -0.39 is 0 Å². The first-order valence-corrected chi connectivity index (χ1v) is 8.97. The average Bonchev–Trinajstić information content (AvgIpc) is 2.66. The Balaban J connectivity index is 1.81. The molecule has 0 bridgehead atoms. The molecule has 4 heteroatoms. The summed E-state index contributed by atoms with van der Waals surface area (Å²) in [5, 5.41) is 2.87. The van der Waals surface area contributed by atoms with Gasteiger partial charge in [0, 0.05) is 12.2 Å². The number of nitrogens with zero attached hydrogens (tertiary/aromatic N) is 1. The number of hydrogen-bond donors (Lipinski definition) is 1. The molecule has 0 radical (unpaired) electrons. The molecule has 0 saturated heterocycles. The predicted molar refractivity (Wildman–Crippen MR) is 103 cm³/mol. The maximum Gasteiger partial charge on any atom is 0.262 e. The highest BCUT2D eigenvalue weighted by Gasteiger charge is 2.05. The average molecular weight is 340 g/mol. The zero-order valence-corrected chi connectivity index (χ0v) is 15.4. The summed E-state index contributed by atoms with van der Waals surface area (Å²) in [4.78, 5) is 14.4. The van der Waals surface area contributed by atoms with E-state index in [2.05, 4.69) is 43.1 Å². The van der Waals surface area contributed by atoms with Crippen LogP contribution >= 0.6 is 0 Å². The molecule has 0 heterocycles. The number of nitrogens with one attached hydrogen (secondary N) is 1. The zero-order valence-electron chi connectivity index (χ0n) is 15.4. The highest BCUT2D eigenvalue weighted by atomic mass is 16.5. The normalized spacial score (nSPS) is 10.7. The van der Waals surface area contributed by atoms with Crippen LogP contribution in [0.15, 0.2) is 48.5 Å². The second-order valence-electron chi connectivity index (χ2n) is 5.99. The third-order valence-corrected chi connectivity index (χ3v) is 4.24. The van der Waals surface area contributed by atoms with E-state index in [0.29, 0.717) is 5.75 Å². The second-order valence-corrected chi connectivity index (χ2v) is 5.99. The Morgan fingerprint density at radius 1 is 0.920 bits per heavy atom. The van der Waals surface area contributed by atoms with Gasteiger partial charge in [-0.05, 0) is 54.9 Å². The van der Waals surface area contributed by atoms with Gasteiger partial charge in [-0.3, -0.25) is 9.69 Å². The summed E-state index contributed by atoms with van der Waals surface area (Å²) in [6.07, 6.45) is 0.991. The first-order chi connectivity index (χ1) is 12.1. The maximum atomic E-state index is 12.0. The number of rotatable bonds is 9. The lowest BCUT2D eigenvalue weighted by Crippen LogP contribution is -2.22. The van der Waals surface area contributed by atoms with Crippen LogP contribution in [0.25, 0.3) is 0 Å². The third-order valence-electron chi connectivity index (χ3n) is 4.24. The van der Waals surface area contributed by atoms with Crippen molar-refractivity contribution in [2.45, 2.75) is 33.7 Å². The minimum Gasteiger partial charge on any atom is -0.484 e. The van der Waals surface area contributed by atoms with Crippen molar-refractivity contribution in [2.24, 2.45) is 0 Å². The molecule has 0 aliphatic rings. The van der Waals surface area contributed by atoms with Crippen LogP contribution in [0.2, 0.25) is 0 Å². The maximum absolute atomic E-state index is 12.0. The van der Waals surface area contributed by atoms with E-state index in [4.69, 9.17) is 4.74 Å². The Labute approximate surface area is 150 Å². The molecule has 0 aliphatic carbocycles. The molecule has 134 valence electrons. The second kappa shape index (κ2) is 9.84. The standard InChI is InChI=1S/C21H28N2O2/c1-4-17-9-13-20(14-10-17)25-16-21(24)22-19-11-7-18(8-12-19)15-23(5-2)6-3/h7-14H,4-6,15-16H2,1-3H3,(H,22,24). The Morgan fingerprint density at radius 3 is 2.08 bits per heavy atom. The molecule has 0 unspecified atom stereocenters. The van der Waals surface area contributed by atoms with Crippen molar-refractivity contribution in [1.29, 1.82) is 0 Å². The Morgan fingerprint density at radius 2 is 1.52 bits per heavy atom. The van der Waals surface area contributed by atoms with Gasteiger partial charge < -0.3 is 10.1 Å². The van der Waals surface area contributed by atoms with Crippen molar-refractivity contribution in [3.63, 3.8) is 0 Å². The largest absolute Gasteiger partial charge is 0.484 e. The quantitative estimate of drug-likeness (QED) is 0.747. The number of carbonyl (C=O) groups is 1. The summed E-state index contributed by atoms with van der Waals surface area (Å²) in [5.41, 5.74) is 3.29.